The van der Waals surface area contributed by atoms with Gasteiger partial charge in [-0.2, -0.15) is 0 Å². The fraction of sp³-hybridized carbons (Fsp3) is 0.231. The van der Waals surface area contributed by atoms with Crippen molar-refractivity contribution in [2.75, 3.05) is 4.90 Å². The lowest BCUT2D eigenvalue weighted by Gasteiger charge is -2.34. The molecule has 1 aromatic carbocycles. The molecule has 4 rings (SSSR count). The molecule has 3 aromatic rings. The number of nitrogens with zero attached hydrogens (tertiary/aromatic N) is 4. The predicted octanol–water partition coefficient (Wildman–Crippen LogP) is 4.13. The first-order valence-electron chi connectivity index (χ1n) is 10.8. The van der Waals surface area contributed by atoms with E-state index in [2.05, 4.69) is 21.2 Å². The second-order valence-corrected chi connectivity index (χ2v) is 9.72. The average molecular weight is 472 g/mol. The molecule has 2 amide bonds. The van der Waals surface area contributed by atoms with Gasteiger partial charge in [0, 0.05) is 34.7 Å². The first-order chi connectivity index (χ1) is 16.3. The van der Waals surface area contributed by atoms with Crippen molar-refractivity contribution < 1.29 is 9.59 Å². The summed E-state index contributed by atoms with van der Waals surface area (Å²) in [5.74, 6) is 1.81. The first-order valence-corrected chi connectivity index (χ1v) is 11.7. The zero-order valence-electron chi connectivity index (χ0n) is 19.2. The Balaban J connectivity index is 1.80. The monoisotopic (exact) mass is 471 g/mol. The van der Waals surface area contributed by atoms with E-state index in [9.17, 15) is 9.59 Å². The maximum Gasteiger partial charge on any atom is 0.278 e. The number of nitrogens with one attached hydrogen (secondary N) is 1. The summed E-state index contributed by atoms with van der Waals surface area (Å²) in [6.45, 7) is 5.73. The van der Waals surface area contributed by atoms with Crippen LogP contribution in [0.4, 0.5) is 5.69 Å². The van der Waals surface area contributed by atoms with Gasteiger partial charge < -0.3 is 9.88 Å². The van der Waals surface area contributed by atoms with E-state index in [1.54, 1.807) is 17.9 Å². The fourth-order valence-electron chi connectivity index (χ4n) is 3.70. The van der Waals surface area contributed by atoms with Crippen molar-refractivity contribution in [2.45, 2.75) is 38.8 Å². The summed E-state index contributed by atoms with van der Waals surface area (Å²) in [5.41, 5.74) is 2.01. The van der Waals surface area contributed by atoms with E-state index in [4.69, 9.17) is 6.42 Å². The highest BCUT2D eigenvalue weighted by molar-refractivity contribution is 7.10. The molecule has 0 aliphatic heterocycles. The Labute approximate surface area is 202 Å². The van der Waals surface area contributed by atoms with Crippen LogP contribution in [-0.4, -0.2) is 37.9 Å². The van der Waals surface area contributed by atoms with Crippen molar-refractivity contribution in [2.24, 2.45) is 0 Å². The van der Waals surface area contributed by atoms with Gasteiger partial charge in [0.15, 0.2) is 5.01 Å². The third kappa shape index (κ3) is 5.00. The van der Waals surface area contributed by atoms with Crippen LogP contribution in [0.25, 0.3) is 5.69 Å². The molecule has 1 atom stereocenters. The van der Waals surface area contributed by atoms with Crippen molar-refractivity contribution in [3.05, 3.63) is 82.9 Å². The van der Waals surface area contributed by atoms with Crippen LogP contribution in [0.2, 0.25) is 0 Å². The lowest BCUT2D eigenvalue weighted by Crippen LogP contribution is -2.55. The number of hydrogen-bond acceptors (Lipinski definition) is 5. The molecule has 0 spiro atoms. The molecule has 7 nitrogen and oxygen atoms in total. The summed E-state index contributed by atoms with van der Waals surface area (Å²) in [6, 6.07) is 6.55. The third-order valence-electron chi connectivity index (χ3n) is 5.15. The van der Waals surface area contributed by atoms with E-state index >= 15 is 0 Å². The number of carbonyl (C=O) groups is 2. The molecule has 0 saturated carbocycles. The van der Waals surface area contributed by atoms with Crippen LogP contribution >= 0.6 is 11.3 Å². The summed E-state index contributed by atoms with van der Waals surface area (Å²) in [7, 11) is 0. The molecule has 1 aliphatic carbocycles. The topological polar surface area (TPSA) is 80.1 Å². The number of imidazole rings is 1. The first kappa shape index (κ1) is 23.2. The second kappa shape index (κ2) is 9.49. The number of benzene rings is 1. The number of aromatic nitrogens is 3. The van der Waals surface area contributed by atoms with Gasteiger partial charge >= 0.3 is 0 Å². The number of carbonyl (C=O) groups excluding carboxylic acids is 2. The van der Waals surface area contributed by atoms with Crippen molar-refractivity contribution in [3.63, 3.8) is 0 Å². The summed E-state index contributed by atoms with van der Waals surface area (Å²) in [6.07, 6.45) is 17.0. The summed E-state index contributed by atoms with van der Waals surface area (Å²) in [4.78, 5) is 37.3. The lowest BCUT2D eigenvalue weighted by molar-refractivity contribution is -0.123. The quantitative estimate of drug-likeness (QED) is 0.549. The summed E-state index contributed by atoms with van der Waals surface area (Å²) >= 11 is 1.22. The molecule has 172 valence electrons. The highest BCUT2D eigenvalue weighted by Crippen LogP contribution is 2.29. The summed E-state index contributed by atoms with van der Waals surface area (Å²) in [5, 5.41) is 5.08. The van der Waals surface area contributed by atoms with Crippen LogP contribution in [0, 0.1) is 12.3 Å². The Kier molecular flexibility index (Phi) is 6.48. The molecule has 0 fully saturated rings. The largest absolute Gasteiger partial charge is 0.349 e. The minimum atomic E-state index is -0.850. The third-order valence-corrected chi connectivity index (χ3v) is 5.93. The van der Waals surface area contributed by atoms with Crippen LogP contribution in [0.1, 0.15) is 42.7 Å². The number of hydrogen-bond donors (Lipinski definition) is 1. The van der Waals surface area contributed by atoms with Crippen LogP contribution in [0.5, 0.6) is 0 Å². The molecule has 2 heterocycles. The smallest absolute Gasteiger partial charge is 0.278 e. The Bertz CT molecular complexity index is 1290. The number of allylic oxidation sites excluding steroid dienone is 3. The van der Waals surface area contributed by atoms with Gasteiger partial charge in [-0.15, -0.1) is 17.8 Å². The molecule has 0 bridgehead atoms. The zero-order valence-corrected chi connectivity index (χ0v) is 20.0. The maximum absolute atomic E-state index is 13.8. The molecular weight excluding hydrogens is 446 g/mol. The zero-order chi connectivity index (χ0) is 24.3. The van der Waals surface area contributed by atoms with Gasteiger partial charge in [-0.3, -0.25) is 14.5 Å². The van der Waals surface area contributed by atoms with Crippen molar-refractivity contribution in [3.8, 4) is 18.0 Å². The standard InChI is InChI=1S/C26H25N5O2S/c1-5-22-28-21(16-34-22)25(33)31(20-12-10-19(11-13-20)30-15-14-27-17-30)23(18-8-6-7-9-18)24(32)29-26(2,3)4/h1,6-8,10-17,23H,9H2,2-4H3,(H,29,32). The number of anilines is 1. The van der Waals surface area contributed by atoms with E-state index in [1.165, 1.54) is 16.2 Å². The molecule has 1 N–H and O–H groups in total. The normalized spacial score (nSPS) is 13.8. The number of terminal acetylenes is 1. The number of rotatable bonds is 6. The van der Waals surface area contributed by atoms with Crippen LogP contribution in [0.3, 0.4) is 0 Å². The minimum absolute atomic E-state index is 0.205. The van der Waals surface area contributed by atoms with Crippen LogP contribution in [0.15, 0.2) is 72.2 Å². The van der Waals surface area contributed by atoms with E-state index in [0.717, 1.165) is 11.3 Å². The summed E-state index contributed by atoms with van der Waals surface area (Å²) < 4.78 is 1.86. The molecule has 2 aromatic heterocycles. The van der Waals surface area contributed by atoms with Crippen LogP contribution < -0.4 is 10.2 Å². The van der Waals surface area contributed by atoms with Crippen molar-refractivity contribution in [1.29, 1.82) is 0 Å². The molecule has 0 radical (unpaired) electrons. The highest BCUT2D eigenvalue weighted by Gasteiger charge is 2.37. The van der Waals surface area contributed by atoms with Gasteiger partial charge in [-0.05, 0) is 63.0 Å². The molecule has 1 unspecified atom stereocenters. The molecule has 8 heteroatoms. The SMILES string of the molecule is C#Cc1nc(C(=O)N(c2ccc(-n3ccnc3)cc2)C(C(=O)NC(C)(C)C)C2=CC=CC2)cs1. The molecule has 34 heavy (non-hydrogen) atoms. The van der Waals surface area contributed by atoms with E-state index in [0.29, 0.717) is 17.1 Å². The van der Waals surface area contributed by atoms with Gasteiger partial charge in [0.2, 0.25) is 5.91 Å². The van der Waals surface area contributed by atoms with Crippen LogP contribution in [-0.2, 0) is 4.79 Å². The van der Waals surface area contributed by atoms with Gasteiger partial charge in [0.25, 0.3) is 5.91 Å². The lowest BCUT2D eigenvalue weighted by atomic mass is 9.99. The molecular formula is C26H25N5O2S. The molecule has 0 saturated heterocycles. The highest BCUT2D eigenvalue weighted by atomic mass is 32.1. The van der Waals surface area contributed by atoms with Gasteiger partial charge in [-0.25, -0.2) is 9.97 Å². The Hall–Kier alpha value is -3.96. The van der Waals surface area contributed by atoms with E-state index in [1.807, 2.05) is 74.0 Å². The fourth-order valence-corrected chi connectivity index (χ4v) is 4.29. The Morgan fingerprint density at radius 2 is 2.03 bits per heavy atom. The molecule has 1 aliphatic rings. The van der Waals surface area contributed by atoms with Crippen molar-refractivity contribution in [1.82, 2.24) is 19.9 Å². The maximum atomic E-state index is 13.8. The van der Waals surface area contributed by atoms with Gasteiger partial charge in [-0.1, -0.05) is 18.2 Å². The van der Waals surface area contributed by atoms with E-state index in [-0.39, 0.29) is 11.6 Å². The second-order valence-electron chi connectivity index (χ2n) is 8.86. The van der Waals surface area contributed by atoms with Gasteiger partial charge in [0.05, 0.1) is 6.33 Å². The van der Waals surface area contributed by atoms with Crippen molar-refractivity contribution >= 4 is 28.8 Å². The predicted molar refractivity (Wildman–Crippen MR) is 134 cm³/mol. The minimum Gasteiger partial charge on any atom is -0.349 e. The average Bonchev–Trinajstić information content (AvgIpc) is 3.58. The number of thiazole rings is 1. The van der Waals surface area contributed by atoms with E-state index < -0.39 is 17.5 Å². The Morgan fingerprint density at radius 1 is 1.26 bits per heavy atom. The number of amides is 2. The van der Waals surface area contributed by atoms with Gasteiger partial charge in [0.1, 0.15) is 11.7 Å². The Morgan fingerprint density at radius 3 is 2.59 bits per heavy atom.